The maximum atomic E-state index is 12.9. The Labute approximate surface area is 182 Å². The van der Waals surface area contributed by atoms with E-state index < -0.39 is 18.6 Å². The fourth-order valence-corrected chi connectivity index (χ4v) is 3.65. The first-order valence-corrected chi connectivity index (χ1v) is 9.80. The van der Waals surface area contributed by atoms with Gasteiger partial charge in [0, 0.05) is 44.6 Å². The van der Waals surface area contributed by atoms with Gasteiger partial charge in [0.05, 0.1) is 24.6 Å². The Morgan fingerprint density at radius 1 is 1.35 bits per heavy atom. The third-order valence-corrected chi connectivity index (χ3v) is 5.20. The number of carbonyl (C=O) groups is 1. The molecule has 168 valence electrons. The van der Waals surface area contributed by atoms with Crippen LogP contribution in [0, 0.1) is 0 Å². The number of benzene rings is 1. The first kappa shape index (κ1) is 22.7. The minimum atomic E-state index is -4.38. The van der Waals surface area contributed by atoms with E-state index in [2.05, 4.69) is 20.6 Å². The topological polar surface area (TPSA) is 82.6 Å². The Hall–Kier alpha value is -2.95. The lowest BCUT2D eigenvalue weighted by Gasteiger charge is -2.41. The molecular weight excluding hydrogens is 437 g/mol. The van der Waals surface area contributed by atoms with Crippen molar-refractivity contribution >= 4 is 41.2 Å². The molecule has 0 bridgehead atoms. The smallest absolute Gasteiger partial charge is 0.391 e. The van der Waals surface area contributed by atoms with Gasteiger partial charge in [-0.2, -0.15) is 18.2 Å². The lowest BCUT2D eigenvalue weighted by Crippen LogP contribution is -2.54. The normalized spacial score (nSPS) is 16.8. The van der Waals surface area contributed by atoms with Crippen molar-refractivity contribution in [2.24, 2.45) is 0 Å². The number of alkyl halides is 3. The van der Waals surface area contributed by atoms with Gasteiger partial charge >= 0.3 is 6.18 Å². The van der Waals surface area contributed by atoms with Crippen LogP contribution in [-0.4, -0.2) is 67.3 Å². The number of amides is 1. The number of piperazine rings is 1. The number of nitrogens with zero attached hydrogens (tertiary/aromatic N) is 4. The third-order valence-electron chi connectivity index (χ3n) is 4.90. The third kappa shape index (κ3) is 5.60. The lowest BCUT2D eigenvalue weighted by molar-refractivity contribution is -0.150. The van der Waals surface area contributed by atoms with Crippen LogP contribution in [0.5, 0.6) is 5.75 Å². The van der Waals surface area contributed by atoms with Crippen molar-refractivity contribution in [3.05, 3.63) is 29.4 Å². The Balaban J connectivity index is 1.85. The van der Waals surface area contributed by atoms with Crippen LogP contribution in [0.3, 0.4) is 0 Å². The Morgan fingerprint density at radius 3 is 2.77 bits per heavy atom. The van der Waals surface area contributed by atoms with Gasteiger partial charge in [-0.15, -0.1) is 0 Å². The Bertz CT molecular complexity index is 930. The van der Waals surface area contributed by atoms with Gasteiger partial charge in [-0.3, -0.25) is 4.79 Å². The average molecular weight is 459 g/mol. The molecule has 1 aliphatic heterocycles. The quantitative estimate of drug-likeness (QED) is 0.614. The summed E-state index contributed by atoms with van der Waals surface area (Å²) in [6, 6.07) is 4.03. The summed E-state index contributed by atoms with van der Waals surface area (Å²) in [5.74, 6) is 1.28. The van der Waals surface area contributed by atoms with Crippen molar-refractivity contribution in [3.63, 3.8) is 0 Å². The van der Waals surface area contributed by atoms with E-state index in [0.717, 1.165) is 0 Å². The number of ether oxygens (including phenoxy) is 1. The number of hydrogen-bond donors (Lipinski definition) is 2. The molecule has 0 saturated carbocycles. The molecule has 1 atom stereocenters. The summed E-state index contributed by atoms with van der Waals surface area (Å²) in [4.78, 5) is 22.5. The van der Waals surface area contributed by atoms with E-state index in [0.29, 0.717) is 41.8 Å². The molecule has 2 heterocycles. The summed E-state index contributed by atoms with van der Waals surface area (Å²) < 4.78 is 44.3. The predicted molar refractivity (Wildman–Crippen MR) is 112 cm³/mol. The molecule has 1 saturated heterocycles. The maximum Gasteiger partial charge on any atom is 0.391 e. The summed E-state index contributed by atoms with van der Waals surface area (Å²) in [6.45, 7) is 0.569. The molecule has 3 rings (SSSR count). The number of carbonyl (C=O) groups excluding carboxylic acids is 1. The van der Waals surface area contributed by atoms with Crippen LogP contribution in [0.4, 0.5) is 36.3 Å². The number of rotatable bonds is 7. The van der Waals surface area contributed by atoms with Crippen LogP contribution < -0.4 is 20.3 Å². The Kier molecular flexibility index (Phi) is 6.94. The number of aromatic nitrogens is 2. The van der Waals surface area contributed by atoms with Crippen LogP contribution in [0.15, 0.2) is 24.4 Å². The summed E-state index contributed by atoms with van der Waals surface area (Å²) >= 11 is 6.47. The van der Waals surface area contributed by atoms with Crippen LogP contribution >= 0.6 is 11.6 Å². The second-order valence-electron chi connectivity index (χ2n) is 6.91. The van der Waals surface area contributed by atoms with Gasteiger partial charge in [0.25, 0.3) is 0 Å². The zero-order valence-corrected chi connectivity index (χ0v) is 17.7. The van der Waals surface area contributed by atoms with E-state index in [4.69, 9.17) is 16.3 Å². The van der Waals surface area contributed by atoms with E-state index in [9.17, 15) is 18.0 Å². The van der Waals surface area contributed by atoms with Crippen LogP contribution in [0.2, 0.25) is 5.02 Å². The van der Waals surface area contributed by atoms with Crippen LogP contribution in [0.1, 0.15) is 6.42 Å². The number of anilines is 4. The number of methoxy groups -OCH3 is 1. The van der Waals surface area contributed by atoms with Gasteiger partial charge in [-0.05, 0) is 12.1 Å². The summed E-state index contributed by atoms with van der Waals surface area (Å²) in [5.41, 5.74) is 1.02. The van der Waals surface area contributed by atoms with Crippen LogP contribution in [0.25, 0.3) is 0 Å². The van der Waals surface area contributed by atoms with Crippen molar-refractivity contribution in [1.29, 1.82) is 0 Å². The SMILES string of the molecule is CNc1ccnc(Nc2c(Cl)cc(N3CCN(C=O)C(CC(F)(F)F)C3)cc2OC)n1. The number of nitrogens with one attached hydrogen (secondary N) is 2. The van der Waals surface area contributed by atoms with Gasteiger partial charge in [0.15, 0.2) is 0 Å². The zero-order chi connectivity index (χ0) is 22.6. The first-order valence-electron chi connectivity index (χ1n) is 9.42. The Morgan fingerprint density at radius 2 is 2.13 bits per heavy atom. The van der Waals surface area contributed by atoms with Gasteiger partial charge in [0.2, 0.25) is 12.4 Å². The number of halogens is 4. The molecule has 1 amide bonds. The molecule has 1 unspecified atom stereocenters. The summed E-state index contributed by atoms with van der Waals surface area (Å²) in [7, 11) is 3.19. The highest BCUT2D eigenvalue weighted by Crippen LogP contribution is 2.39. The molecule has 2 N–H and O–H groups in total. The predicted octanol–water partition coefficient (Wildman–Crippen LogP) is 3.52. The highest BCUT2D eigenvalue weighted by atomic mass is 35.5. The fraction of sp³-hybridized carbons (Fsp3) is 0.421. The molecule has 0 radical (unpaired) electrons. The molecule has 0 spiro atoms. The lowest BCUT2D eigenvalue weighted by atomic mass is 10.1. The number of hydrogen-bond acceptors (Lipinski definition) is 7. The van der Waals surface area contributed by atoms with Crippen molar-refractivity contribution < 1.29 is 22.7 Å². The molecular formula is C19H22ClF3N6O2. The standard InChI is InChI=1S/C19H22ClF3N6O2/c1-24-16-3-4-25-18(26-16)27-17-14(20)7-12(8-15(17)31-2)28-5-6-29(11-30)13(10-28)9-19(21,22)23/h3-4,7-8,11,13H,5-6,9-10H2,1-2H3,(H2,24,25,26,27). The van der Waals surface area contributed by atoms with Gasteiger partial charge in [-0.25, -0.2) is 4.98 Å². The zero-order valence-electron chi connectivity index (χ0n) is 16.9. The first-order chi connectivity index (χ1) is 14.7. The largest absolute Gasteiger partial charge is 0.494 e. The minimum Gasteiger partial charge on any atom is -0.494 e. The van der Waals surface area contributed by atoms with E-state index in [-0.39, 0.29) is 18.1 Å². The average Bonchev–Trinajstić information content (AvgIpc) is 2.74. The highest BCUT2D eigenvalue weighted by molar-refractivity contribution is 6.34. The van der Waals surface area contributed by atoms with Gasteiger partial charge in [-0.1, -0.05) is 11.6 Å². The van der Waals surface area contributed by atoms with E-state index in [1.54, 1.807) is 36.3 Å². The van der Waals surface area contributed by atoms with Gasteiger partial charge in [0.1, 0.15) is 17.3 Å². The fourth-order valence-electron chi connectivity index (χ4n) is 3.39. The molecule has 1 aromatic carbocycles. The van der Waals surface area contributed by atoms with Crippen molar-refractivity contribution in [2.45, 2.75) is 18.6 Å². The molecule has 31 heavy (non-hydrogen) atoms. The minimum absolute atomic E-state index is 0.0256. The van der Waals surface area contributed by atoms with Crippen molar-refractivity contribution in [3.8, 4) is 5.75 Å². The molecule has 1 fully saturated rings. The van der Waals surface area contributed by atoms with Crippen LogP contribution in [-0.2, 0) is 4.79 Å². The summed E-state index contributed by atoms with van der Waals surface area (Å²) in [5, 5.41) is 6.21. The maximum absolute atomic E-state index is 12.9. The van der Waals surface area contributed by atoms with E-state index in [1.807, 2.05) is 0 Å². The van der Waals surface area contributed by atoms with E-state index in [1.165, 1.54) is 12.0 Å². The van der Waals surface area contributed by atoms with Crippen molar-refractivity contribution in [1.82, 2.24) is 14.9 Å². The molecule has 0 aliphatic carbocycles. The molecule has 12 heteroatoms. The molecule has 1 aromatic heterocycles. The molecule has 8 nitrogen and oxygen atoms in total. The van der Waals surface area contributed by atoms with E-state index >= 15 is 0 Å². The molecule has 1 aliphatic rings. The molecule has 2 aromatic rings. The monoisotopic (exact) mass is 458 g/mol. The van der Waals surface area contributed by atoms with Gasteiger partial charge < -0.3 is 25.2 Å². The summed E-state index contributed by atoms with van der Waals surface area (Å²) in [6.07, 6.45) is -3.41. The second kappa shape index (κ2) is 9.46. The van der Waals surface area contributed by atoms with Crippen molar-refractivity contribution in [2.75, 3.05) is 49.3 Å². The second-order valence-corrected chi connectivity index (χ2v) is 7.31. The highest BCUT2D eigenvalue weighted by Gasteiger charge is 2.37.